The Balaban J connectivity index is 3.02. The van der Waals surface area contributed by atoms with E-state index in [1.54, 1.807) is 6.07 Å². The molecule has 0 amide bonds. The van der Waals surface area contributed by atoms with Crippen LogP contribution in [0, 0.1) is 5.82 Å². The molecule has 1 N–H and O–H groups in total. The molecule has 0 spiro atoms. The third-order valence-corrected chi connectivity index (χ3v) is 2.23. The van der Waals surface area contributed by atoms with Gasteiger partial charge >= 0.3 is 0 Å². The topological polar surface area (TPSA) is 21.3 Å². The van der Waals surface area contributed by atoms with Gasteiger partial charge in [0.25, 0.3) is 0 Å². The fourth-order valence-corrected chi connectivity index (χ4v) is 1.37. The van der Waals surface area contributed by atoms with Crippen molar-refractivity contribution >= 4 is 0 Å². The second kappa shape index (κ2) is 5.12. The molecule has 2 nitrogen and oxygen atoms in total. The Morgan fingerprint density at radius 3 is 2.47 bits per heavy atom. The first-order valence-electron chi connectivity index (χ1n) is 5.18. The minimum atomic E-state index is -0.233. The number of rotatable bonds is 4. The van der Waals surface area contributed by atoms with Crippen LogP contribution in [0.4, 0.5) is 4.39 Å². The third kappa shape index (κ3) is 3.20. The summed E-state index contributed by atoms with van der Waals surface area (Å²) in [6.45, 7) is 5.89. The van der Waals surface area contributed by atoms with E-state index in [0.29, 0.717) is 0 Å². The van der Waals surface area contributed by atoms with E-state index in [-0.39, 0.29) is 18.0 Å². The first-order chi connectivity index (χ1) is 7.04. The molecule has 15 heavy (non-hydrogen) atoms. The van der Waals surface area contributed by atoms with E-state index in [1.807, 2.05) is 27.8 Å². The van der Waals surface area contributed by atoms with E-state index in [4.69, 9.17) is 4.74 Å². The van der Waals surface area contributed by atoms with Crippen molar-refractivity contribution in [2.45, 2.75) is 32.9 Å². The maximum absolute atomic E-state index is 13.1. The molecule has 0 aliphatic heterocycles. The summed E-state index contributed by atoms with van der Waals surface area (Å²) in [5.74, 6) is 0.511. The van der Waals surface area contributed by atoms with Gasteiger partial charge in [-0.25, -0.2) is 4.39 Å². The van der Waals surface area contributed by atoms with Crippen LogP contribution in [-0.4, -0.2) is 13.2 Å². The number of hydrogen-bond acceptors (Lipinski definition) is 2. The molecule has 0 aliphatic carbocycles. The van der Waals surface area contributed by atoms with Crippen LogP contribution in [0.5, 0.6) is 5.75 Å². The smallest absolute Gasteiger partial charge is 0.124 e. The fraction of sp³-hybridized carbons (Fsp3) is 0.500. The molecule has 1 atom stereocenters. The molecule has 84 valence electrons. The molecule has 3 heteroatoms. The van der Waals surface area contributed by atoms with Crippen molar-refractivity contribution in [1.29, 1.82) is 0 Å². The fourth-order valence-electron chi connectivity index (χ4n) is 1.37. The highest BCUT2D eigenvalue weighted by molar-refractivity contribution is 5.36. The molecule has 0 bridgehead atoms. The number of halogens is 1. The summed E-state index contributed by atoms with van der Waals surface area (Å²) in [5.41, 5.74) is 0.853. The molecule has 0 saturated carbocycles. The van der Waals surface area contributed by atoms with Crippen LogP contribution in [0.2, 0.25) is 0 Å². The summed E-state index contributed by atoms with van der Waals surface area (Å²) >= 11 is 0. The lowest BCUT2D eigenvalue weighted by molar-refractivity contribution is 0.238. The van der Waals surface area contributed by atoms with E-state index >= 15 is 0 Å². The molecular formula is C12H18FNO. The third-order valence-electron chi connectivity index (χ3n) is 2.23. The maximum Gasteiger partial charge on any atom is 0.124 e. The van der Waals surface area contributed by atoms with Crippen molar-refractivity contribution in [2.75, 3.05) is 7.05 Å². The summed E-state index contributed by atoms with van der Waals surface area (Å²) in [4.78, 5) is 0. The van der Waals surface area contributed by atoms with Crippen molar-refractivity contribution in [3.8, 4) is 5.75 Å². The van der Waals surface area contributed by atoms with Crippen LogP contribution in [0.25, 0.3) is 0 Å². The van der Waals surface area contributed by atoms with E-state index in [9.17, 15) is 4.39 Å². The molecule has 0 aliphatic rings. The van der Waals surface area contributed by atoms with Crippen LogP contribution < -0.4 is 10.1 Å². The maximum atomic E-state index is 13.1. The van der Waals surface area contributed by atoms with Gasteiger partial charge < -0.3 is 10.1 Å². The Morgan fingerprint density at radius 1 is 1.27 bits per heavy atom. The quantitative estimate of drug-likeness (QED) is 0.826. The van der Waals surface area contributed by atoms with Gasteiger partial charge in [-0.15, -0.1) is 0 Å². The zero-order valence-corrected chi connectivity index (χ0v) is 9.67. The lowest BCUT2D eigenvalue weighted by Gasteiger charge is -2.18. The predicted octanol–water partition coefficient (Wildman–Crippen LogP) is 2.89. The summed E-state index contributed by atoms with van der Waals surface area (Å²) in [6, 6.07) is 4.69. The predicted molar refractivity (Wildman–Crippen MR) is 59.6 cm³/mol. The van der Waals surface area contributed by atoms with E-state index < -0.39 is 0 Å². The van der Waals surface area contributed by atoms with Crippen molar-refractivity contribution < 1.29 is 9.13 Å². The van der Waals surface area contributed by atoms with Crippen LogP contribution in [0.3, 0.4) is 0 Å². The first kappa shape index (κ1) is 12.0. The van der Waals surface area contributed by atoms with Crippen LogP contribution in [0.1, 0.15) is 32.4 Å². The van der Waals surface area contributed by atoms with Gasteiger partial charge in [0, 0.05) is 11.6 Å². The van der Waals surface area contributed by atoms with Gasteiger partial charge in [-0.05, 0) is 46.0 Å². The molecule has 0 saturated heterocycles. The molecule has 1 aromatic carbocycles. The van der Waals surface area contributed by atoms with Gasteiger partial charge in [-0.1, -0.05) is 0 Å². The van der Waals surface area contributed by atoms with Crippen molar-refractivity contribution in [3.05, 3.63) is 29.6 Å². The SMILES string of the molecule is CNC(C)c1cc(F)ccc1OC(C)C. The van der Waals surface area contributed by atoms with Gasteiger partial charge in [0.1, 0.15) is 11.6 Å². The Labute approximate surface area is 90.4 Å². The Bertz CT molecular complexity index is 325. The number of benzene rings is 1. The summed E-state index contributed by atoms with van der Waals surface area (Å²) in [6.07, 6.45) is 0.0956. The first-order valence-corrected chi connectivity index (χ1v) is 5.18. The van der Waals surface area contributed by atoms with Crippen LogP contribution >= 0.6 is 0 Å². The molecule has 0 aromatic heterocycles. The monoisotopic (exact) mass is 211 g/mol. The standard InChI is InChI=1S/C12H18FNO/c1-8(2)15-12-6-5-10(13)7-11(12)9(3)14-4/h5-9,14H,1-4H3. The molecule has 1 rings (SSSR count). The van der Waals surface area contributed by atoms with E-state index in [1.165, 1.54) is 12.1 Å². The molecule has 1 aromatic rings. The normalized spacial score (nSPS) is 12.9. The average Bonchev–Trinajstić information content (AvgIpc) is 2.19. The summed E-state index contributed by atoms with van der Waals surface area (Å²) < 4.78 is 18.7. The minimum absolute atomic E-state index is 0.0782. The molecule has 0 fully saturated rings. The minimum Gasteiger partial charge on any atom is -0.491 e. The molecule has 1 unspecified atom stereocenters. The Hall–Kier alpha value is -1.09. The zero-order chi connectivity index (χ0) is 11.4. The van der Waals surface area contributed by atoms with Gasteiger partial charge in [0.2, 0.25) is 0 Å². The Morgan fingerprint density at radius 2 is 1.93 bits per heavy atom. The highest BCUT2D eigenvalue weighted by atomic mass is 19.1. The zero-order valence-electron chi connectivity index (χ0n) is 9.67. The van der Waals surface area contributed by atoms with Gasteiger partial charge in [0.15, 0.2) is 0 Å². The van der Waals surface area contributed by atoms with E-state index in [2.05, 4.69) is 5.32 Å². The molecular weight excluding hydrogens is 193 g/mol. The van der Waals surface area contributed by atoms with Gasteiger partial charge in [-0.3, -0.25) is 0 Å². The van der Waals surface area contributed by atoms with Crippen molar-refractivity contribution in [3.63, 3.8) is 0 Å². The van der Waals surface area contributed by atoms with Crippen LogP contribution in [-0.2, 0) is 0 Å². The van der Waals surface area contributed by atoms with E-state index in [0.717, 1.165) is 11.3 Å². The number of ether oxygens (including phenoxy) is 1. The van der Waals surface area contributed by atoms with Crippen LogP contribution in [0.15, 0.2) is 18.2 Å². The van der Waals surface area contributed by atoms with Gasteiger partial charge in [-0.2, -0.15) is 0 Å². The molecule has 0 radical (unpaired) electrons. The Kier molecular flexibility index (Phi) is 4.09. The highest BCUT2D eigenvalue weighted by Crippen LogP contribution is 2.26. The van der Waals surface area contributed by atoms with Crippen molar-refractivity contribution in [1.82, 2.24) is 5.32 Å². The average molecular weight is 211 g/mol. The van der Waals surface area contributed by atoms with Gasteiger partial charge in [0.05, 0.1) is 6.10 Å². The summed E-state index contributed by atoms with van der Waals surface area (Å²) in [5, 5.41) is 3.08. The largest absolute Gasteiger partial charge is 0.491 e. The highest BCUT2D eigenvalue weighted by Gasteiger charge is 2.12. The number of hydrogen-bond donors (Lipinski definition) is 1. The number of nitrogens with one attached hydrogen (secondary N) is 1. The lowest BCUT2D eigenvalue weighted by Crippen LogP contribution is -2.15. The second-order valence-corrected chi connectivity index (χ2v) is 3.86. The molecule has 0 heterocycles. The summed E-state index contributed by atoms with van der Waals surface area (Å²) in [7, 11) is 1.84. The lowest BCUT2D eigenvalue weighted by atomic mass is 10.1. The second-order valence-electron chi connectivity index (χ2n) is 3.86. The van der Waals surface area contributed by atoms with Crippen molar-refractivity contribution in [2.24, 2.45) is 0 Å².